The van der Waals surface area contributed by atoms with Crippen molar-refractivity contribution >= 4 is 15.5 Å². The van der Waals surface area contributed by atoms with Crippen LogP contribution in [0.1, 0.15) is 29.7 Å². The SMILES string of the molecule is Cc1ccc(CN[C@@H](C)c2ccc(S(C)(=O)=O)cc2)c(N(C)C)c1. The smallest absolute Gasteiger partial charge is 0.175 e. The predicted molar refractivity (Wildman–Crippen MR) is 100 cm³/mol. The molecule has 0 aliphatic carbocycles. The monoisotopic (exact) mass is 346 g/mol. The highest BCUT2D eigenvalue weighted by atomic mass is 32.2. The number of anilines is 1. The maximum Gasteiger partial charge on any atom is 0.175 e. The third kappa shape index (κ3) is 4.58. The van der Waals surface area contributed by atoms with Crippen LogP contribution in [0.3, 0.4) is 0 Å². The average molecular weight is 346 g/mol. The normalized spacial score (nSPS) is 12.9. The van der Waals surface area contributed by atoms with Gasteiger partial charge in [-0.25, -0.2) is 8.42 Å². The van der Waals surface area contributed by atoms with Crippen molar-refractivity contribution in [1.29, 1.82) is 0 Å². The number of benzene rings is 2. The molecule has 0 unspecified atom stereocenters. The Balaban J connectivity index is 2.10. The second-order valence-corrected chi connectivity index (χ2v) is 8.49. The molecule has 0 heterocycles. The van der Waals surface area contributed by atoms with Crippen molar-refractivity contribution in [3.63, 3.8) is 0 Å². The molecule has 2 aromatic rings. The first-order valence-electron chi connectivity index (χ1n) is 7.98. The Morgan fingerprint density at radius 2 is 1.71 bits per heavy atom. The van der Waals surface area contributed by atoms with Crippen LogP contribution >= 0.6 is 0 Å². The largest absolute Gasteiger partial charge is 0.377 e. The molecule has 4 nitrogen and oxygen atoms in total. The third-order valence-corrected chi connectivity index (χ3v) is 5.26. The molecular weight excluding hydrogens is 320 g/mol. The van der Waals surface area contributed by atoms with Crippen LogP contribution in [0.4, 0.5) is 5.69 Å². The first-order valence-corrected chi connectivity index (χ1v) is 9.88. The Kier molecular flexibility index (Phi) is 5.67. The minimum Gasteiger partial charge on any atom is -0.377 e. The molecule has 0 amide bonds. The average Bonchev–Trinajstić information content (AvgIpc) is 2.52. The van der Waals surface area contributed by atoms with Crippen molar-refractivity contribution in [2.75, 3.05) is 25.3 Å². The van der Waals surface area contributed by atoms with E-state index < -0.39 is 9.84 Å². The number of nitrogens with zero attached hydrogens (tertiary/aromatic N) is 1. The Labute approximate surface area is 145 Å². The lowest BCUT2D eigenvalue weighted by Crippen LogP contribution is -2.20. The van der Waals surface area contributed by atoms with Crippen molar-refractivity contribution in [2.45, 2.75) is 31.3 Å². The van der Waals surface area contributed by atoms with E-state index in [9.17, 15) is 8.42 Å². The molecule has 0 aliphatic heterocycles. The van der Waals surface area contributed by atoms with E-state index in [-0.39, 0.29) is 6.04 Å². The van der Waals surface area contributed by atoms with E-state index in [1.54, 1.807) is 12.1 Å². The molecule has 0 spiro atoms. The number of hydrogen-bond donors (Lipinski definition) is 1. The lowest BCUT2D eigenvalue weighted by Gasteiger charge is -2.21. The molecule has 0 bridgehead atoms. The summed E-state index contributed by atoms with van der Waals surface area (Å²) in [6, 6.07) is 13.7. The molecule has 2 rings (SSSR count). The maximum atomic E-state index is 11.5. The summed E-state index contributed by atoms with van der Waals surface area (Å²) in [5.41, 5.74) is 4.76. The summed E-state index contributed by atoms with van der Waals surface area (Å²) < 4.78 is 23.1. The molecule has 2 aromatic carbocycles. The standard InChI is InChI=1S/C19H26N2O2S/c1-14-6-7-17(19(12-14)21(3)4)13-20-15(2)16-8-10-18(11-9-16)24(5,22)23/h6-12,15,20H,13H2,1-5H3/t15-/m0/s1. The van der Waals surface area contributed by atoms with E-state index in [0.717, 1.165) is 12.1 Å². The Bertz CT molecular complexity index is 797. The van der Waals surface area contributed by atoms with Gasteiger partial charge in [-0.3, -0.25) is 0 Å². The van der Waals surface area contributed by atoms with Crippen molar-refractivity contribution in [3.8, 4) is 0 Å². The van der Waals surface area contributed by atoms with Crippen molar-refractivity contribution in [1.82, 2.24) is 5.32 Å². The van der Waals surface area contributed by atoms with Gasteiger partial charge in [0.25, 0.3) is 0 Å². The molecule has 130 valence electrons. The van der Waals surface area contributed by atoms with Gasteiger partial charge >= 0.3 is 0 Å². The summed E-state index contributed by atoms with van der Waals surface area (Å²) in [6.07, 6.45) is 1.23. The topological polar surface area (TPSA) is 49.4 Å². The van der Waals surface area contributed by atoms with E-state index in [1.807, 2.05) is 26.2 Å². The van der Waals surface area contributed by atoms with Gasteiger partial charge in [0.1, 0.15) is 0 Å². The number of hydrogen-bond acceptors (Lipinski definition) is 4. The van der Waals surface area contributed by atoms with Crippen LogP contribution in [0.15, 0.2) is 47.4 Å². The summed E-state index contributed by atoms with van der Waals surface area (Å²) in [5.74, 6) is 0. The highest BCUT2D eigenvalue weighted by molar-refractivity contribution is 7.90. The fourth-order valence-corrected chi connectivity index (χ4v) is 3.25. The Morgan fingerprint density at radius 3 is 2.25 bits per heavy atom. The van der Waals surface area contributed by atoms with Crippen LogP contribution in [0, 0.1) is 6.92 Å². The summed E-state index contributed by atoms with van der Waals surface area (Å²) >= 11 is 0. The molecule has 24 heavy (non-hydrogen) atoms. The second kappa shape index (κ2) is 7.36. The van der Waals surface area contributed by atoms with Crippen molar-refractivity contribution in [3.05, 3.63) is 59.2 Å². The highest BCUT2D eigenvalue weighted by Gasteiger charge is 2.11. The minimum absolute atomic E-state index is 0.134. The first-order chi connectivity index (χ1) is 11.2. The molecule has 1 N–H and O–H groups in total. The van der Waals surface area contributed by atoms with Gasteiger partial charge in [-0.05, 0) is 48.7 Å². The van der Waals surface area contributed by atoms with E-state index in [1.165, 1.54) is 23.1 Å². The Morgan fingerprint density at radius 1 is 1.08 bits per heavy atom. The van der Waals surface area contributed by atoms with E-state index in [0.29, 0.717) is 4.90 Å². The van der Waals surface area contributed by atoms with Gasteiger partial charge in [0, 0.05) is 38.6 Å². The van der Waals surface area contributed by atoms with E-state index in [2.05, 4.69) is 42.3 Å². The van der Waals surface area contributed by atoms with E-state index >= 15 is 0 Å². The molecule has 1 atom stereocenters. The molecular formula is C19H26N2O2S. The highest BCUT2D eigenvalue weighted by Crippen LogP contribution is 2.22. The summed E-state index contributed by atoms with van der Waals surface area (Å²) in [5, 5.41) is 3.51. The molecule has 0 aliphatic rings. The van der Waals surface area contributed by atoms with Crippen LogP contribution in [0.5, 0.6) is 0 Å². The van der Waals surface area contributed by atoms with Gasteiger partial charge in [0.05, 0.1) is 4.90 Å². The van der Waals surface area contributed by atoms with Gasteiger partial charge in [-0.15, -0.1) is 0 Å². The number of rotatable bonds is 6. The number of sulfone groups is 1. The van der Waals surface area contributed by atoms with Crippen molar-refractivity contribution in [2.24, 2.45) is 0 Å². The second-order valence-electron chi connectivity index (χ2n) is 6.47. The van der Waals surface area contributed by atoms with Gasteiger partial charge in [0.2, 0.25) is 0 Å². The molecule has 0 saturated heterocycles. The lowest BCUT2D eigenvalue weighted by atomic mass is 10.1. The van der Waals surface area contributed by atoms with Gasteiger partial charge in [-0.1, -0.05) is 24.3 Å². The fourth-order valence-electron chi connectivity index (χ4n) is 2.62. The van der Waals surface area contributed by atoms with Gasteiger partial charge in [0.15, 0.2) is 9.84 Å². The van der Waals surface area contributed by atoms with Crippen LogP contribution in [0.25, 0.3) is 0 Å². The first kappa shape index (κ1) is 18.5. The van der Waals surface area contributed by atoms with Crippen LogP contribution < -0.4 is 10.2 Å². The Hall–Kier alpha value is -1.85. The van der Waals surface area contributed by atoms with Gasteiger partial charge < -0.3 is 10.2 Å². The third-order valence-electron chi connectivity index (χ3n) is 4.13. The fraction of sp³-hybridized carbons (Fsp3) is 0.368. The predicted octanol–water partition coefficient (Wildman–Crippen LogP) is 3.32. The number of nitrogens with one attached hydrogen (secondary N) is 1. The zero-order chi connectivity index (χ0) is 17.9. The minimum atomic E-state index is -3.15. The molecule has 0 radical (unpaired) electrons. The zero-order valence-electron chi connectivity index (χ0n) is 15.0. The summed E-state index contributed by atoms with van der Waals surface area (Å²) in [6.45, 7) is 4.93. The van der Waals surface area contributed by atoms with Crippen LogP contribution in [-0.2, 0) is 16.4 Å². The maximum absolute atomic E-state index is 11.5. The molecule has 0 aromatic heterocycles. The summed E-state index contributed by atoms with van der Waals surface area (Å²) in [4.78, 5) is 2.47. The zero-order valence-corrected chi connectivity index (χ0v) is 15.8. The van der Waals surface area contributed by atoms with Gasteiger partial charge in [-0.2, -0.15) is 0 Å². The van der Waals surface area contributed by atoms with Crippen molar-refractivity contribution < 1.29 is 8.42 Å². The lowest BCUT2D eigenvalue weighted by molar-refractivity contribution is 0.573. The molecule has 0 fully saturated rings. The van der Waals surface area contributed by atoms with Crippen LogP contribution in [-0.4, -0.2) is 28.8 Å². The molecule has 0 saturated carbocycles. The summed E-state index contributed by atoms with van der Waals surface area (Å²) in [7, 11) is 0.949. The number of aryl methyl sites for hydroxylation is 1. The van der Waals surface area contributed by atoms with E-state index in [4.69, 9.17) is 0 Å². The molecule has 5 heteroatoms. The quantitative estimate of drug-likeness (QED) is 0.872. The van der Waals surface area contributed by atoms with Crippen LogP contribution in [0.2, 0.25) is 0 Å².